The minimum atomic E-state index is -6.74. The molecule has 1 fully saturated rings. The van der Waals surface area contributed by atoms with Crippen molar-refractivity contribution >= 4 is 19.8 Å². The Morgan fingerprint density at radius 1 is 1.27 bits per heavy atom. The summed E-state index contributed by atoms with van der Waals surface area (Å²) in [5.41, 5.74) is 0. The van der Waals surface area contributed by atoms with Crippen LogP contribution in [0.5, 0.6) is 0 Å². The fraction of sp³-hybridized carbons (Fsp3) is 0. The molecule has 1 heterocycles. The van der Waals surface area contributed by atoms with Crippen molar-refractivity contribution in [2.24, 2.45) is 0 Å². The number of aliphatic carboxylic acids is 1. The predicted octanol–water partition coefficient (Wildman–Crippen LogP) is 1.76. The van der Waals surface area contributed by atoms with Crippen LogP contribution in [0.25, 0.3) is 0 Å². The van der Waals surface area contributed by atoms with E-state index >= 15 is 0 Å². The number of halogens is 2. The Morgan fingerprint density at radius 3 is 2.00 bits per heavy atom. The number of hydrogen-bond acceptors (Lipinski definition) is 5. The number of rotatable bonds is 1. The van der Waals surface area contributed by atoms with Crippen LogP contribution in [0.2, 0.25) is 0 Å². The van der Waals surface area contributed by atoms with Crippen LogP contribution >= 0.6 is 7.91 Å². The molecule has 0 radical (unpaired) electrons. The molecule has 0 spiro atoms. The summed E-state index contributed by atoms with van der Waals surface area (Å²) in [7, 11) is -6.74. The zero-order valence-electron chi connectivity index (χ0n) is 7.11. The van der Waals surface area contributed by atoms with Crippen molar-refractivity contribution in [1.29, 1.82) is 0 Å². The molecule has 0 bridgehead atoms. The summed E-state index contributed by atoms with van der Waals surface area (Å²) in [6, 6.07) is 0. The summed E-state index contributed by atoms with van der Waals surface area (Å²) in [4.78, 5) is 20.4. The first kappa shape index (κ1) is 11.4. The maximum atomic E-state index is 13.3. The zero-order valence-corrected chi connectivity index (χ0v) is 8.00. The number of hydrogen-bond donors (Lipinski definition) is 1. The third-order valence-corrected chi connectivity index (χ3v) is 2.69. The van der Waals surface area contributed by atoms with Gasteiger partial charge in [0.1, 0.15) is 0 Å². The van der Waals surface area contributed by atoms with E-state index < -0.39 is 31.4 Å². The van der Waals surface area contributed by atoms with Gasteiger partial charge >= 0.3 is 81.2 Å². The molecular formula is C6H5F2O6P. The molecule has 0 aliphatic carbocycles. The topological polar surface area (TPSA) is 82.1 Å². The molecule has 0 saturated carbocycles. The molecule has 0 atom stereocenters. The first-order valence-electron chi connectivity index (χ1n) is 3.34. The van der Waals surface area contributed by atoms with Gasteiger partial charge in [0, 0.05) is 0 Å². The maximum absolute atomic E-state index is 13.3. The van der Waals surface area contributed by atoms with Gasteiger partial charge in [0.05, 0.1) is 0 Å². The second-order valence-electron chi connectivity index (χ2n) is 2.41. The molecule has 6 nitrogen and oxygen atoms in total. The average Bonchev–Trinajstić information content (AvgIpc) is 2.20. The summed E-state index contributed by atoms with van der Waals surface area (Å²) >= 11 is 0. The Balaban J connectivity index is 2.92. The van der Waals surface area contributed by atoms with Crippen LogP contribution in [0.3, 0.4) is 0 Å². The van der Waals surface area contributed by atoms with E-state index in [9.17, 15) is 18.0 Å². The minimum absolute atomic E-state index is 0.615. The third kappa shape index (κ3) is 2.21. The Kier molecular flexibility index (Phi) is 2.20. The van der Waals surface area contributed by atoms with E-state index in [0.29, 0.717) is 0 Å². The molecule has 0 amide bonds. The predicted molar refractivity (Wildman–Crippen MR) is 43.3 cm³/mol. The average molecular weight is 242 g/mol. The van der Waals surface area contributed by atoms with Gasteiger partial charge in [-0.2, -0.15) is 0 Å². The first-order chi connectivity index (χ1) is 6.62. The molecule has 9 heteroatoms. The van der Waals surface area contributed by atoms with Crippen molar-refractivity contribution in [1.82, 2.24) is 0 Å². The standard InChI is InChI=1S/C6H5F2O6P/c1-3-4(2)13-15(7,8,12-3)14-6(11)5(9)10/h1-2H2,(H,9,10). The van der Waals surface area contributed by atoms with Crippen molar-refractivity contribution < 1.29 is 36.7 Å². The van der Waals surface area contributed by atoms with E-state index in [1.54, 1.807) is 0 Å². The first-order valence-corrected chi connectivity index (χ1v) is 5.11. The quantitative estimate of drug-likeness (QED) is 0.557. The monoisotopic (exact) mass is 242 g/mol. The van der Waals surface area contributed by atoms with Gasteiger partial charge in [-0.1, -0.05) is 0 Å². The van der Waals surface area contributed by atoms with Crippen molar-refractivity contribution in [3.05, 3.63) is 24.7 Å². The fourth-order valence-electron chi connectivity index (χ4n) is 0.674. The normalized spacial score (nSPS) is 24.3. The van der Waals surface area contributed by atoms with Crippen LogP contribution in [0.15, 0.2) is 24.7 Å². The van der Waals surface area contributed by atoms with Crippen molar-refractivity contribution in [2.75, 3.05) is 0 Å². The molecule has 1 aliphatic heterocycles. The van der Waals surface area contributed by atoms with E-state index in [1.807, 2.05) is 0 Å². The Morgan fingerprint density at radius 2 is 1.67 bits per heavy atom. The molecule has 0 aromatic heterocycles. The van der Waals surface area contributed by atoms with Gasteiger partial charge in [-0.3, -0.25) is 0 Å². The summed E-state index contributed by atoms with van der Waals surface area (Å²) in [6.45, 7) is 5.99. The third-order valence-electron chi connectivity index (χ3n) is 1.22. The molecule has 84 valence electrons. The van der Waals surface area contributed by atoms with E-state index in [-0.39, 0.29) is 0 Å². The van der Waals surface area contributed by atoms with E-state index in [4.69, 9.17) is 5.11 Å². The fourth-order valence-corrected chi connectivity index (χ4v) is 2.02. The molecule has 1 aliphatic rings. The zero-order chi connectivity index (χ0) is 11.9. The second-order valence-corrected chi connectivity index (χ2v) is 4.37. The summed E-state index contributed by atoms with van der Waals surface area (Å²) in [6.07, 6.45) is 0. The molecule has 1 saturated heterocycles. The van der Waals surface area contributed by atoms with Crippen LogP contribution < -0.4 is 0 Å². The Bertz CT molecular complexity index is 369. The molecule has 0 aromatic rings. The molecule has 15 heavy (non-hydrogen) atoms. The molecule has 0 unspecified atom stereocenters. The van der Waals surface area contributed by atoms with Gasteiger partial charge in [0.2, 0.25) is 0 Å². The summed E-state index contributed by atoms with van der Waals surface area (Å²) < 4.78 is 37.7. The van der Waals surface area contributed by atoms with Gasteiger partial charge < -0.3 is 0 Å². The SMILES string of the molecule is C=C1OP(F)(F)(OC(=O)C(=O)O)OC1=C. The van der Waals surface area contributed by atoms with E-state index in [1.165, 1.54) is 0 Å². The molecule has 1 rings (SSSR count). The van der Waals surface area contributed by atoms with Crippen LogP contribution in [-0.2, 0) is 23.2 Å². The number of carbonyl (C=O) groups is 2. The molecule has 0 aromatic carbocycles. The van der Waals surface area contributed by atoms with E-state index in [0.717, 1.165) is 0 Å². The van der Waals surface area contributed by atoms with Crippen LogP contribution in [0.1, 0.15) is 0 Å². The van der Waals surface area contributed by atoms with Gasteiger partial charge in [0.15, 0.2) is 0 Å². The van der Waals surface area contributed by atoms with Crippen LogP contribution in [-0.4, -0.2) is 17.0 Å². The summed E-state index contributed by atoms with van der Waals surface area (Å²) in [5, 5.41) is 8.06. The van der Waals surface area contributed by atoms with Gasteiger partial charge in [-0.15, -0.1) is 0 Å². The van der Waals surface area contributed by atoms with Crippen molar-refractivity contribution in [3.8, 4) is 0 Å². The van der Waals surface area contributed by atoms with Gasteiger partial charge in [-0.05, 0) is 0 Å². The van der Waals surface area contributed by atoms with Crippen LogP contribution in [0, 0.1) is 0 Å². The van der Waals surface area contributed by atoms with Gasteiger partial charge in [-0.25, -0.2) is 0 Å². The summed E-state index contributed by atoms with van der Waals surface area (Å²) in [5.74, 6) is -5.60. The number of carboxylic acids is 1. The molecule has 1 N–H and O–H groups in total. The van der Waals surface area contributed by atoms with E-state index in [2.05, 4.69) is 26.7 Å². The van der Waals surface area contributed by atoms with Gasteiger partial charge in [0.25, 0.3) is 0 Å². The number of carbonyl (C=O) groups excluding carboxylic acids is 1. The van der Waals surface area contributed by atoms with Crippen molar-refractivity contribution in [2.45, 2.75) is 0 Å². The number of carboxylic acid groups (broad SMARTS) is 1. The second kappa shape index (κ2) is 2.90. The van der Waals surface area contributed by atoms with Crippen LogP contribution in [0.4, 0.5) is 8.39 Å². The Labute approximate surface area is 82.1 Å². The molecular weight excluding hydrogens is 237 g/mol. The Hall–Kier alpha value is -1.69. The van der Waals surface area contributed by atoms with Crippen molar-refractivity contribution in [3.63, 3.8) is 0 Å².